The molecule has 1 aliphatic heterocycles. The number of fused-ring (bicyclic) bond motifs is 1. The number of amides is 1. The highest BCUT2D eigenvalue weighted by Gasteiger charge is 2.29. The summed E-state index contributed by atoms with van der Waals surface area (Å²) in [7, 11) is 0. The van der Waals surface area contributed by atoms with Crippen LogP contribution in [-0.4, -0.2) is 46.1 Å². The number of piperidine rings is 1. The summed E-state index contributed by atoms with van der Waals surface area (Å²) in [6.45, 7) is 2.81. The molecule has 0 radical (unpaired) electrons. The normalized spacial score (nSPS) is 17.2. The van der Waals surface area contributed by atoms with E-state index in [4.69, 9.17) is 21.4 Å². The zero-order valence-corrected chi connectivity index (χ0v) is 18.6. The molecule has 1 saturated heterocycles. The highest BCUT2D eigenvalue weighted by atomic mass is 35.5. The molecule has 2 atom stereocenters. The topological polar surface area (TPSA) is 79.7 Å². The van der Waals surface area contributed by atoms with Gasteiger partial charge in [-0.25, -0.2) is 0 Å². The largest absolute Gasteiger partial charge is 0.481 e. The number of halogens is 1. The van der Waals surface area contributed by atoms with Gasteiger partial charge >= 0.3 is 5.97 Å². The minimum Gasteiger partial charge on any atom is -0.481 e. The highest BCUT2D eigenvalue weighted by Crippen LogP contribution is 2.34. The van der Waals surface area contributed by atoms with Crippen molar-refractivity contribution >= 4 is 34.4 Å². The molecule has 0 saturated carbocycles. The third-order valence-corrected chi connectivity index (χ3v) is 6.16. The molecule has 1 N–H and O–H groups in total. The molecular formula is C25H25ClN2O4. The summed E-state index contributed by atoms with van der Waals surface area (Å²) in [4.78, 5) is 30.1. The molecule has 6 nitrogen and oxygen atoms in total. The SMILES string of the molecule is CC(Oc1ccc2c(-c3ccccc3Cl)ccnc2c1)C(=O)N1CCC[C@H](CC(=O)O)C1. The average Bonchev–Trinajstić information content (AvgIpc) is 2.78. The average molecular weight is 453 g/mol. The molecule has 2 aromatic carbocycles. The van der Waals surface area contributed by atoms with E-state index in [1.165, 1.54) is 0 Å². The first kappa shape index (κ1) is 22.1. The number of aliphatic carboxylic acids is 1. The van der Waals surface area contributed by atoms with E-state index in [-0.39, 0.29) is 18.2 Å². The molecule has 4 rings (SSSR count). The number of nitrogens with zero attached hydrogens (tertiary/aromatic N) is 2. The van der Waals surface area contributed by atoms with Crippen molar-refractivity contribution in [3.05, 3.63) is 59.8 Å². The van der Waals surface area contributed by atoms with Gasteiger partial charge in [0.05, 0.1) is 5.52 Å². The zero-order chi connectivity index (χ0) is 22.7. The lowest BCUT2D eigenvalue weighted by atomic mass is 9.94. The first-order valence-corrected chi connectivity index (χ1v) is 11.1. The van der Waals surface area contributed by atoms with Crippen molar-refractivity contribution in [3.63, 3.8) is 0 Å². The summed E-state index contributed by atoms with van der Waals surface area (Å²) in [5.74, 6) is -0.405. The Morgan fingerprint density at radius 3 is 2.81 bits per heavy atom. The molecule has 166 valence electrons. The van der Waals surface area contributed by atoms with Crippen molar-refractivity contribution in [2.45, 2.75) is 32.3 Å². The number of carbonyl (C=O) groups is 2. The lowest BCUT2D eigenvalue weighted by Gasteiger charge is -2.33. The van der Waals surface area contributed by atoms with Gasteiger partial charge in [0.15, 0.2) is 6.10 Å². The molecule has 1 amide bonds. The van der Waals surface area contributed by atoms with Gasteiger partial charge in [-0.3, -0.25) is 14.6 Å². The van der Waals surface area contributed by atoms with Crippen LogP contribution in [0.5, 0.6) is 5.75 Å². The molecule has 0 aliphatic carbocycles. The minimum absolute atomic E-state index is 0.00880. The highest BCUT2D eigenvalue weighted by molar-refractivity contribution is 6.33. The van der Waals surface area contributed by atoms with Crippen LogP contribution in [0.25, 0.3) is 22.0 Å². The van der Waals surface area contributed by atoms with Crippen LogP contribution in [0.4, 0.5) is 0 Å². The number of hydrogen-bond acceptors (Lipinski definition) is 4. The number of aromatic nitrogens is 1. The number of pyridine rings is 1. The molecule has 1 aliphatic rings. The van der Waals surface area contributed by atoms with Gasteiger partial charge in [-0.1, -0.05) is 29.8 Å². The third-order valence-electron chi connectivity index (χ3n) is 5.83. The first-order chi connectivity index (χ1) is 15.4. The summed E-state index contributed by atoms with van der Waals surface area (Å²) in [6.07, 6.45) is 2.78. The molecular weight excluding hydrogens is 428 g/mol. The second-order valence-electron chi connectivity index (χ2n) is 8.17. The first-order valence-electron chi connectivity index (χ1n) is 10.7. The van der Waals surface area contributed by atoms with Crippen molar-refractivity contribution in [1.29, 1.82) is 0 Å². The van der Waals surface area contributed by atoms with Crippen molar-refractivity contribution in [1.82, 2.24) is 9.88 Å². The Bertz CT molecular complexity index is 1150. The van der Waals surface area contributed by atoms with Crippen LogP contribution in [0.3, 0.4) is 0 Å². The van der Waals surface area contributed by atoms with Crippen LogP contribution in [-0.2, 0) is 9.59 Å². The van der Waals surface area contributed by atoms with E-state index in [0.717, 1.165) is 34.9 Å². The Hall–Kier alpha value is -3.12. The molecule has 0 bridgehead atoms. The summed E-state index contributed by atoms with van der Waals surface area (Å²) < 4.78 is 5.95. The van der Waals surface area contributed by atoms with Gasteiger partial charge < -0.3 is 14.7 Å². The number of ether oxygens (including phenoxy) is 1. The van der Waals surface area contributed by atoms with Crippen molar-refractivity contribution in [2.75, 3.05) is 13.1 Å². The van der Waals surface area contributed by atoms with Gasteiger partial charge in [-0.2, -0.15) is 0 Å². The Morgan fingerprint density at radius 1 is 1.22 bits per heavy atom. The fourth-order valence-corrected chi connectivity index (χ4v) is 4.54. The maximum Gasteiger partial charge on any atom is 0.303 e. The Balaban J connectivity index is 1.50. The van der Waals surface area contributed by atoms with Crippen LogP contribution < -0.4 is 4.74 Å². The predicted octanol–water partition coefficient (Wildman–Crippen LogP) is 5.04. The predicted molar refractivity (Wildman–Crippen MR) is 124 cm³/mol. The Labute approximate surface area is 191 Å². The van der Waals surface area contributed by atoms with E-state index in [1.54, 1.807) is 18.0 Å². The summed E-state index contributed by atoms with van der Waals surface area (Å²) in [5.41, 5.74) is 2.66. The second-order valence-corrected chi connectivity index (χ2v) is 8.57. The number of rotatable bonds is 6. The zero-order valence-electron chi connectivity index (χ0n) is 17.8. The van der Waals surface area contributed by atoms with E-state index >= 15 is 0 Å². The Kier molecular flexibility index (Phi) is 6.61. The summed E-state index contributed by atoms with van der Waals surface area (Å²) in [5, 5.41) is 10.7. The third kappa shape index (κ3) is 4.86. The monoisotopic (exact) mass is 452 g/mol. The second kappa shape index (κ2) is 9.57. The maximum absolute atomic E-state index is 12.9. The molecule has 7 heteroatoms. The van der Waals surface area contributed by atoms with Crippen LogP contribution in [0, 0.1) is 5.92 Å². The molecule has 2 heterocycles. The van der Waals surface area contributed by atoms with Gasteiger partial charge in [-0.05, 0) is 55.5 Å². The molecule has 0 spiro atoms. The van der Waals surface area contributed by atoms with Gasteiger partial charge in [-0.15, -0.1) is 0 Å². The fraction of sp³-hybridized carbons (Fsp3) is 0.320. The lowest BCUT2D eigenvalue weighted by Crippen LogP contribution is -2.46. The summed E-state index contributed by atoms with van der Waals surface area (Å²) >= 11 is 6.39. The summed E-state index contributed by atoms with van der Waals surface area (Å²) in [6, 6.07) is 15.2. The van der Waals surface area contributed by atoms with E-state index in [0.29, 0.717) is 23.9 Å². The number of benzene rings is 2. The van der Waals surface area contributed by atoms with Gasteiger partial charge in [0.1, 0.15) is 5.75 Å². The molecule has 1 fully saturated rings. The van der Waals surface area contributed by atoms with E-state index in [9.17, 15) is 9.59 Å². The van der Waals surface area contributed by atoms with Crippen LogP contribution in [0.15, 0.2) is 54.7 Å². The molecule has 1 unspecified atom stereocenters. The number of likely N-dealkylation sites (tertiary alicyclic amines) is 1. The molecule has 1 aromatic heterocycles. The maximum atomic E-state index is 12.9. The van der Waals surface area contributed by atoms with E-state index in [2.05, 4.69) is 4.98 Å². The van der Waals surface area contributed by atoms with E-state index < -0.39 is 12.1 Å². The number of hydrogen-bond donors (Lipinski definition) is 1. The smallest absolute Gasteiger partial charge is 0.303 e. The van der Waals surface area contributed by atoms with Crippen LogP contribution >= 0.6 is 11.6 Å². The molecule has 32 heavy (non-hydrogen) atoms. The number of carboxylic acid groups (broad SMARTS) is 1. The van der Waals surface area contributed by atoms with Gasteiger partial charge in [0, 0.05) is 47.7 Å². The van der Waals surface area contributed by atoms with E-state index in [1.807, 2.05) is 48.5 Å². The van der Waals surface area contributed by atoms with Crippen LogP contribution in [0.2, 0.25) is 5.02 Å². The van der Waals surface area contributed by atoms with Gasteiger partial charge in [0.25, 0.3) is 5.91 Å². The number of carbonyl (C=O) groups excluding carboxylic acids is 1. The van der Waals surface area contributed by atoms with Crippen molar-refractivity contribution in [2.24, 2.45) is 5.92 Å². The van der Waals surface area contributed by atoms with Gasteiger partial charge in [0.2, 0.25) is 0 Å². The molecule has 3 aromatic rings. The minimum atomic E-state index is -0.826. The van der Waals surface area contributed by atoms with Crippen molar-refractivity contribution in [3.8, 4) is 16.9 Å². The fourth-order valence-electron chi connectivity index (χ4n) is 4.31. The lowest BCUT2D eigenvalue weighted by molar-refractivity contribution is -0.143. The van der Waals surface area contributed by atoms with Crippen LogP contribution in [0.1, 0.15) is 26.2 Å². The van der Waals surface area contributed by atoms with Crippen molar-refractivity contribution < 1.29 is 19.4 Å². The Morgan fingerprint density at radius 2 is 2.03 bits per heavy atom. The standard InChI is InChI=1S/C25H25ClN2O4/c1-16(25(31)28-12-4-5-17(15-28)13-24(29)30)32-18-8-9-21-19(10-11-27-23(21)14-18)20-6-2-3-7-22(20)26/h2-3,6-11,14,16-17H,4-5,12-13,15H2,1H3,(H,29,30)/t16?,17-/m1/s1. The quantitative estimate of drug-likeness (QED) is 0.567. The number of carboxylic acids is 1.